The highest BCUT2D eigenvalue weighted by molar-refractivity contribution is 7.89. The fraction of sp³-hybridized carbons (Fsp3) is 0.500. The topological polar surface area (TPSA) is 80.5 Å². The van der Waals surface area contributed by atoms with Crippen molar-refractivity contribution in [1.82, 2.24) is 4.90 Å². The lowest BCUT2D eigenvalue weighted by Gasteiger charge is -2.18. The van der Waals surface area contributed by atoms with E-state index in [0.29, 0.717) is 13.1 Å². The summed E-state index contributed by atoms with van der Waals surface area (Å²) in [6, 6.07) is 6.01. The first kappa shape index (κ1) is 15.0. The normalized spacial score (nSPS) is 19.6. The number of primary sulfonamides is 1. The van der Waals surface area contributed by atoms with Crippen molar-refractivity contribution in [2.45, 2.75) is 26.8 Å². The molecular formula is C14H20N2O3S. The predicted octanol–water partition coefficient (Wildman–Crippen LogP) is 0.940. The second-order valence-electron chi connectivity index (χ2n) is 5.53. The molecule has 1 unspecified atom stereocenters. The molecule has 1 aliphatic heterocycles. The quantitative estimate of drug-likeness (QED) is 0.898. The van der Waals surface area contributed by atoms with Gasteiger partial charge in [0.05, 0.1) is 5.75 Å². The number of hydrogen-bond donors (Lipinski definition) is 1. The highest BCUT2D eigenvalue weighted by Crippen LogP contribution is 2.23. The molecule has 0 aromatic heterocycles. The minimum absolute atomic E-state index is 0.000411. The van der Waals surface area contributed by atoms with Gasteiger partial charge in [-0.25, -0.2) is 13.6 Å². The Balaban J connectivity index is 2.07. The van der Waals surface area contributed by atoms with Crippen LogP contribution >= 0.6 is 0 Å². The number of benzene rings is 1. The first-order valence-electron chi connectivity index (χ1n) is 6.59. The van der Waals surface area contributed by atoms with Crippen molar-refractivity contribution < 1.29 is 13.2 Å². The Kier molecular flexibility index (Phi) is 4.15. The van der Waals surface area contributed by atoms with Crippen LogP contribution in [0.4, 0.5) is 0 Å². The Hall–Kier alpha value is -1.40. The van der Waals surface area contributed by atoms with Crippen LogP contribution < -0.4 is 5.14 Å². The molecule has 1 saturated heterocycles. The van der Waals surface area contributed by atoms with Gasteiger partial charge in [0.25, 0.3) is 0 Å². The Morgan fingerprint density at radius 2 is 2.05 bits per heavy atom. The van der Waals surface area contributed by atoms with Gasteiger partial charge in [-0.15, -0.1) is 0 Å². The van der Waals surface area contributed by atoms with Gasteiger partial charge in [0.15, 0.2) is 0 Å². The van der Waals surface area contributed by atoms with E-state index in [1.807, 2.05) is 32.0 Å². The van der Waals surface area contributed by atoms with Gasteiger partial charge in [0.1, 0.15) is 0 Å². The maximum absolute atomic E-state index is 12.0. The van der Waals surface area contributed by atoms with E-state index in [2.05, 4.69) is 0 Å². The van der Waals surface area contributed by atoms with Gasteiger partial charge in [-0.05, 0) is 30.5 Å². The fourth-order valence-corrected chi connectivity index (χ4v) is 3.52. The summed E-state index contributed by atoms with van der Waals surface area (Å²) in [5.41, 5.74) is 3.47. The van der Waals surface area contributed by atoms with E-state index in [0.717, 1.165) is 5.56 Å². The molecule has 20 heavy (non-hydrogen) atoms. The van der Waals surface area contributed by atoms with Crippen LogP contribution in [0.15, 0.2) is 18.2 Å². The number of carbonyl (C=O) groups is 1. The summed E-state index contributed by atoms with van der Waals surface area (Å²) in [6.07, 6.45) is 0.265. The summed E-state index contributed by atoms with van der Waals surface area (Å²) in [5.74, 6) is -0.315. The molecule has 0 saturated carbocycles. The number of amides is 1. The molecule has 2 N–H and O–H groups in total. The van der Waals surface area contributed by atoms with Crippen molar-refractivity contribution in [2.75, 3.05) is 12.3 Å². The van der Waals surface area contributed by atoms with E-state index >= 15 is 0 Å². The monoisotopic (exact) mass is 296 g/mol. The first-order chi connectivity index (χ1) is 9.26. The Morgan fingerprint density at radius 3 is 2.70 bits per heavy atom. The second-order valence-corrected chi connectivity index (χ2v) is 7.19. The smallest absolute Gasteiger partial charge is 0.223 e. The standard InChI is InChI=1S/C14H20N2O3S/c1-10-4-3-5-13(11(10)2)8-16-7-12(6-14(16)17)9-20(15,18)19/h3-5,12H,6-9H2,1-2H3,(H2,15,18,19). The minimum atomic E-state index is -3.52. The molecule has 1 atom stereocenters. The van der Waals surface area contributed by atoms with Gasteiger partial charge >= 0.3 is 0 Å². The largest absolute Gasteiger partial charge is 0.338 e. The molecule has 0 bridgehead atoms. The van der Waals surface area contributed by atoms with Crippen molar-refractivity contribution >= 4 is 15.9 Å². The van der Waals surface area contributed by atoms with Crippen molar-refractivity contribution in [3.8, 4) is 0 Å². The molecule has 0 spiro atoms. The number of nitrogens with zero attached hydrogens (tertiary/aromatic N) is 1. The summed E-state index contributed by atoms with van der Waals surface area (Å²) in [4.78, 5) is 13.7. The van der Waals surface area contributed by atoms with Gasteiger partial charge in [-0.1, -0.05) is 18.2 Å². The van der Waals surface area contributed by atoms with Crippen LogP contribution in [-0.4, -0.2) is 31.5 Å². The Morgan fingerprint density at radius 1 is 1.35 bits per heavy atom. The molecule has 1 heterocycles. The van der Waals surface area contributed by atoms with Crippen molar-refractivity contribution in [3.05, 3.63) is 34.9 Å². The van der Waals surface area contributed by atoms with Crippen LogP contribution in [0.25, 0.3) is 0 Å². The van der Waals surface area contributed by atoms with Crippen molar-refractivity contribution in [1.29, 1.82) is 0 Å². The molecule has 1 amide bonds. The third kappa shape index (κ3) is 3.58. The molecule has 1 aliphatic rings. The number of hydrogen-bond acceptors (Lipinski definition) is 3. The molecule has 1 aromatic carbocycles. The lowest BCUT2D eigenvalue weighted by Crippen LogP contribution is -2.27. The molecule has 1 aromatic rings. The van der Waals surface area contributed by atoms with Gasteiger partial charge in [-0.2, -0.15) is 0 Å². The average Bonchev–Trinajstić information content (AvgIpc) is 2.63. The fourth-order valence-electron chi connectivity index (χ4n) is 2.64. The number of sulfonamides is 1. The zero-order chi connectivity index (χ0) is 14.9. The number of carbonyl (C=O) groups excluding carboxylic acids is 1. The predicted molar refractivity (Wildman–Crippen MR) is 77.4 cm³/mol. The summed E-state index contributed by atoms with van der Waals surface area (Å²) < 4.78 is 22.2. The SMILES string of the molecule is Cc1cccc(CN2CC(CS(N)(=O)=O)CC2=O)c1C. The third-order valence-electron chi connectivity index (χ3n) is 3.84. The van der Waals surface area contributed by atoms with Gasteiger partial charge in [0.2, 0.25) is 15.9 Å². The number of aryl methyl sites for hydroxylation is 1. The van der Waals surface area contributed by atoms with E-state index in [-0.39, 0.29) is 24.0 Å². The summed E-state index contributed by atoms with van der Waals surface area (Å²) in [7, 11) is -3.52. The molecule has 0 radical (unpaired) electrons. The molecule has 0 aliphatic carbocycles. The van der Waals surface area contributed by atoms with E-state index in [1.165, 1.54) is 11.1 Å². The van der Waals surface area contributed by atoms with E-state index in [4.69, 9.17) is 5.14 Å². The van der Waals surface area contributed by atoms with Crippen LogP contribution in [0.1, 0.15) is 23.1 Å². The third-order valence-corrected chi connectivity index (χ3v) is 4.78. The highest BCUT2D eigenvalue weighted by atomic mass is 32.2. The van der Waals surface area contributed by atoms with Crippen molar-refractivity contribution in [2.24, 2.45) is 11.1 Å². The molecule has 5 nitrogen and oxygen atoms in total. The van der Waals surface area contributed by atoms with E-state index in [9.17, 15) is 13.2 Å². The van der Waals surface area contributed by atoms with Gasteiger partial charge < -0.3 is 4.90 Å². The maximum Gasteiger partial charge on any atom is 0.223 e. The van der Waals surface area contributed by atoms with Crippen LogP contribution in [0.3, 0.4) is 0 Å². The first-order valence-corrected chi connectivity index (χ1v) is 8.31. The summed E-state index contributed by atoms with van der Waals surface area (Å²) >= 11 is 0. The number of rotatable bonds is 4. The highest BCUT2D eigenvalue weighted by Gasteiger charge is 2.31. The Labute approximate surface area is 119 Å². The lowest BCUT2D eigenvalue weighted by atomic mass is 10.0. The minimum Gasteiger partial charge on any atom is -0.338 e. The van der Waals surface area contributed by atoms with E-state index in [1.54, 1.807) is 4.90 Å². The zero-order valence-electron chi connectivity index (χ0n) is 11.8. The zero-order valence-corrected chi connectivity index (χ0v) is 12.6. The molecule has 2 rings (SSSR count). The van der Waals surface area contributed by atoms with Gasteiger partial charge in [0, 0.05) is 25.4 Å². The van der Waals surface area contributed by atoms with Crippen LogP contribution in [0.2, 0.25) is 0 Å². The molecular weight excluding hydrogens is 276 g/mol. The maximum atomic E-state index is 12.0. The summed E-state index contributed by atoms with van der Waals surface area (Å²) in [5, 5.41) is 5.05. The lowest BCUT2D eigenvalue weighted by molar-refractivity contribution is -0.128. The van der Waals surface area contributed by atoms with Crippen molar-refractivity contribution in [3.63, 3.8) is 0 Å². The molecule has 110 valence electrons. The van der Waals surface area contributed by atoms with Crippen LogP contribution in [0.5, 0.6) is 0 Å². The van der Waals surface area contributed by atoms with E-state index < -0.39 is 10.0 Å². The summed E-state index contributed by atoms with van der Waals surface area (Å²) in [6.45, 7) is 5.07. The van der Waals surface area contributed by atoms with Crippen LogP contribution in [0, 0.1) is 19.8 Å². The second kappa shape index (κ2) is 5.54. The molecule has 6 heteroatoms. The van der Waals surface area contributed by atoms with Crippen LogP contribution in [-0.2, 0) is 21.4 Å². The number of nitrogens with two attached hydrogens (primary N) is 1. The molecule has 1 fully saturated rings. The number of likely N-dealkylation sites (tertiary alicyclic amines) is 1. The average molecular weight is 296 g/mol. The Bertz CT molecular complexity index is 625. The van der Waals surface area contributed by atoms with Gasteiger partial charge in [-0.3, -0.25) is 4.79 Å².